The minimum atomic E-state index is 0.362. The SMILES string of the molecule is Clc1[nH]c2ccnc(Cl)c2c1Cl. The first kappa shape index (κ1) is 8.17. The second-order valence-corrected chi connectivity index (χ2v) is 3.39. The Labute approximate surface area is 83.5 Å². The molecule has 1 N–H and O–H groups in total. The van der Waals surface area contributed by atoms with Crippen molar-refractivity contribution in [2.75, 3.05) is 0 Å². The highest BCUT2D eigenvalue weighted by Gasteiger charge is 2.10. The van der Waals surface area contributed by atoms with E-state index in [2.05, 4.69) is 9.97 Å². The molecule has 0 aliphatic rings. The summed E-state index contributed by atoms with van der Waals surface area (Å²) in [5.74, 6) is 0. The van der Waals surface area contributed by atoms with Crippen LogP contribution in [-0.2, 0) is 0 Å². The highest BCUT2D eigenvalue weighted by molar-refractivity contribution is 6.47. The van der Waals surface area contributed by atoms with E-state index in [0.717, 1.165) is 5.52 Å². The minimum Gasteiger partial charge on any atom is -0.344 e. The number of pyridine rings is 1. The van der Waals surface area contributed by atoms with Crippen LogP contribution < -0.4 is 0 Å². The number of hydrogen-bond donors (Lipinski definition) is 1. The average molecular weight is 221 g/mol. The van der Waals surface area contributed by atoms with Gasteiger partial charge >= 0.3 is 0 Å². The van der Waals surface area contributed by atoms with Gasteiger partial charge in [-0.3, -0.25) is 0 Å². The fraction of sp³-hybridized carbons (Fsp3) is 0. The number of aromatic amines is 1. The normalized spacial score (nSPS) is 10.9. The van der Waals surface area contributed by atoms with Crippen molar-refractivity contribution >= 4 is 45.7 Å². The fourth-order valence-electron chi connectivity index (χ4n) is 1.03. The predicted molar refractivity (Wildman–Crippen MR) is 51.1 cm³/mol. The van der Waals surface area contributed by atoms with Crippen molar-refractivity contribution in [3.05, 3.63) is 27.6 Å². The number of halogens is 3. The van der Waals surface area contributed by atoms with E-state index in [1.807, 2.05) is 0 Å². The number of fused-ring (bicyclic) bond motifs is 1. The van der Waals surface area contributed by atoms with Crippen LogP contribution in [0.2, 0.25) is 15.3 Å². The molecule has 5 heteroatoms. The molecule has 0 saturated heterocycles. The van der Waals surface area contributed by atoms with Crippen molar-refractivity contribution in [3.63, 3.8) is 0 Å². The lowest BCUT2D eigenvalue weighted by molar-refractivity contribution is 1.35. The fourth-order valence-corrected chi connectivity index (χ4v) is 1.77. The number of rotatable bonds is 0. The molecule has 2 aromatic heterocycles. The molecule has 2 aromatic rings. The predicted octanol–water partition coefficient (Wildman–Crippen LogP) is 3.52. The van der Waals surface area contributed by atoms with Gasteiger partial charge in [0.05, 0.1) is 15.9 Å². The Hall–Kier alpha value is -0.440. The molecule has 0 aliphatic carbocycles. The number of H-pyrrole nitrogens is 1. The number of hydrogen-bond acceptors (Lipinski definition) is 1. The summed E-state index contributed by atoms with van der Waals surface area (Å²) in [6.45, 7) is 0. The smallest absolute Gasteiger partial charge is 0.139 e. The van der Waals surface area contributed by atoms with Crippen LogP contribution in [0.15, 0.2) is 12.3 Å². The van der Waals surface area contributed by atoms with Crippen LogP contribution in [0.1, 0.15) is 0 Å². The van der Waals surface area contributed by atoms with E-state index in [-0.39, 0.29) is 0 Å². The maximum Gasteiger partial charge on any atom is 0.139 e. The van der Waals surface area contributed by atoms with E-state index < -0.39 is 0 Å². The van der Waals surface area contributed by atoms with E-state index in [1.54, 1.807) is 12.3 Å². The lowest BCUT2D eigenvalue weighted by Crippen LogP contribution is -1.74. The summed E-state index contributed by atoms with van der Waals surface area (Å²) in [7, 11) is 0. The molecule has 0 spiro atoms. The first-order valence-corrected chi connectivity index (χ1v) is 4.30. The molecule has 0 aliphatic heterocycles. The summed E-state index contributed by atoms with van der Waals surface area (Å²) < 4.78 is 0. The summed E-state index contributed by atoms with van der Waals surface area (Å²) >= 11 is 17.4. The quantitative estimate of drug-likeness (QED) is 0.678. The van der Waals surface area contributed by atoms with Gasteiger partial charge in [0.2, 0.25) is 0 Å². The third kappa shape index (κ3) is 1.07. The van der Waals surface area contributed by atoms with Crippen molar-refractivity contribution in [1.82, 2.24) is 9.97 Å². The van der Waals surface area contributed by atoms with Crippen LogP contribution in [0.25, 0.3) is 10.9 Å². The van der Waals surface area contributed by atoms with Gasteiger partial charge in [-0.2, -0.15) is 0 Å². The van der Waals surface area contributed by atoms with Crippen LogP contribution in [0, 0.1) is 0 Å². The molecule has 0 aromatic carbocycles. The standard InChI is InChI=1S/C7H3Cl3N2/c8-5-4-3(12-7(5)10)1-2-11-6(4)9/h1-2,12H. The summed E-state index contributed by atoms with van der Waals surface area (Å²) in [5.41, 5.74) is 0.796. The Morgan fingerprint density at radius 3 is 2.67 bits per heavy atom. The van der Waals surface area contributed by atoms with E-state index in [1.165, 1.54) is 0 Å². The van der Waals surface area contributed by atoms with Gasteiger partial charge in [-0.25, -0.2) is 4.98 Å². The third-order valence-corrected chi connectivity index (χ3v) is 2.61. The molecule has 2 rings (SSSR count). The minimum absolute atomic E-state index is 0.362. The molecule has 12 heavy (non-hydrogen) atoms. The van der Waals surface area contributed by atoms with Crippen molar-refractivity contribution in [2.24, 2.45) is 0 Å². The Kier molecular flexibility index (Phi) is 1.91. The van der Waals surface area contributed by atoms with Crippen molar-refractivity contribution in [1.29, 1.82) is 0 Å². The maximum atomic E-state index is 5.86. The Morgan fingerprint density at radius 1 is 1.25 bits per heavy atom. The largest absolute Gasteiger partial charge is 0.344 e. The molecule has 0 fully saturated rings. The molecule has 0 amide bonds. The lowest BCUT2D eigenvalue weighted by atomic mass is 10.3. The topological polar surface area (TPSA) is 28.7 Å². The number of nitrogens with zero attached hydrogens (tertiary/aromatic N) is 1. The monoisotopic (exact) mass is 220 g/mol. The number of nitrogens with one attached hydrogen (secondary N) is 1. The van der Waals surface area contributed by atoms with Crippen LogP contribution in [-0.4, -0.2) is 9.97 Å². The van der Waals surface area contributed by atoms with Gasteiger partial charge in [0.15, 0.2) is 0 Å². The van der Waals surface area contributed by atoms with Crippen LogP contribution in [0.4, 0.5) is 0 Å². The Morgan fingerprint density at radius 2 is 2.00 bits per heavy atom. The van der Waals surface area contributed by atoms with Gasteiger partial charge in [-0.1, -0.05) is 34.8 Å². The van der Waals surface area contributed by atoms with E-state index in [9.17, 15) is 0 Å². The van der Waals surface area contributed by atoms with Gasteiger partial charge in [-0.15, -0.1) is 0 Å². The third-order valence-electron chi connectivity index (χ3n) is 1.56. The second-order valence-electron chi connectivity index (χ2n) is 2.28. The van der Waals surface area contributed by atoms with E-state index in [4.69, 9.17) is 34.8 Å². The van der Waals surface area contributed by atoms with Crippen molar-refractivity contribution < 1.29 is 0 Å². The Bertz CT molecular complexity index is 435. The molecule has 0 radical (unpaired) electrons. The zero-order valence-corrected chi connectivity index (χ0v) is 8.00. The van der Waals surface area contributed by atoms with Gasteiger partial charge in [0.25, 0.3) is 0 Å². The van der Waals surface area contributed by atoms with Gasteiger partial charge < -0.3 is 4.98 Å². The molecular formula is C7H3Cl3N2. The Balaban J connectivity index is 2.97. The average Bonchev–Trinajstić information content (AvgIpc) is 2.29. The molecular weight excluding hydrogens is 218 g/mol. The molecule has 2 nitrogen and oxygen atoms in total. The molecule has 0 unspecified atom stereocenters. The molecule has 2 heterocycles. The lowest BCUT2D eigenvalue weighted by Gasteiger charge is -1.91. The van der Waals surface area contributed by atoms with E-state index >= 15 is 0 Å². The maximum absolute atomic E-state index is 5.86. The zero-order valence-electron chi connectivity index (χ0n) is 5.74. The number of aromatic nitrogens is 2. The van der Waals surface area contributed by atoms with Crippen molar-refractivity contribution in [3.8, 4) is 0 Å². The summed E-state index contributed by atoms with van der Waals surface area (Å²) in [5, 5.41) is 1.85. The van der Waals surface area contributed by atoms with Gasteiger partial charge in [-0.05, 0) is 6.07 Å². The molecule has 62 valence electrons. The van der Waals surface area contributed by atoms with Crippen LogP contribution in [0.5, 0.6) is 0 Å². The summed E-state index contributed by atoms with van der Waals surface area (Å²) in [4.78, 5) is 6.76. The molecule has 0 bridgehead atoms. The first-order valence-electron chi connectivity index (χ1n) is 3.17. The van der Waals surface area contributed by atoms with Crippen LogP contribution in [0.3, 0.4) is 0 Å². The van der Waals surface area contributed by atoms with Crippen molar-refractivity contribution in [2.45, 2.75) is 0 Å². The molecule has 0 saturated carbocycles. The first-order chi connectivity index (χ1) is 5.70. The summed E-state index contributed by atoms with van der Waals surface area (Å²) in [6.07, 6.45) is 1.59. The van der Waals surface area contributed by atoms with Gasteiger partial charge in [0, 0.05) is 6.20 Å². The zero-order chi connectivity index (χ0) is 8.72. The highest BCUT2D eigenvalue weighted by atomic mass is 35.5. The molecule has 0 atom stereocenters. The van der Waals surface area contributed by atoms with Gasteiger partial charge in [0.1, 0.15) is 10.3 Å². The second kappa shape index (κ2) is 2.80. The summed E-state index contributed by atoms with van der Waals surface area (Å²) in [6, 6.07) is 1.76. The van der Waals surface area contributed by atoms with Crippen LogP contribution >= 0.6 is 34.8 Å². The highest BCUT2D eigenvalue weighted by Crippen LogP contribution is 2.33. The van der Waals surface area contributed by atoms with E-state index in [0.29, 0.717) is 20.7 Å².